The van der Waals surface area contributed by atoms with Crippen molar-refractivity contribution < 1.29 is 17.9 Å². The molecule has 1 radical (unpaired) electrons. The molecule has 0 spiro atoms. The van der Waals surface area contributed by atoms with E-state index in [1.54, 1.807) is 0 Å². The Morgan fingerprint density at radius 1 is 1.20 bits per heavy atom. The highest BCUT2D eigenvalue weighted by Crippen LogP contribution is 2.37. The first kappa shape index (κ1) is 14.3. The van der Waals surface area contributed by atoms with Gasteiger partial charge in [-0.15, -0.1) is 0 Å². The normalized spacial score (nSPS) is 11.4. The maximum atomic E-state index is 13.1. The van der Waals surface area contributed by atoms with Crippen LogP contribution in [0.1, 0.15) is 18.9 Å². The average Bonchev–Trinajstić information content (AvgIpc) is 2.45. The quantitative estimate of drug-likeness (QED) is 0.856. The second-order valence-electron chi connectivity index (χ2n) is 4.06. The summed E-state index contributed by atoms with van der Waals surface area (Å²) in [5.74, 6) is 0.198. The van der Waals surface area contributed by atoms with E-state index in [2.05, 4.69) is 16.0 Å². The van der Waals surface area contributed by atoms with E-state index in [9.17, 15) is 13.2 Å². The molecule has 1 heterocycles. The van der Waals surface area contributed by atoms with Crippen LogP contribution in [0.2, 0.25) is 0 Å². The van der Waals surface area contributed by atoms with E-state index in [1.807, 2.05) is 6.92 Å². The van der Waals surface area contributed by atoms with E-state index in [-0.39, 0.29) is 17.1 Å². The molecule has 2 rings (SSSR count). The number of ether oxygens (including phenoxy) is 1. The molecule has 0 fully saturated rings. The average molecular weight is 281 g/mol. The Morgan fingerprint density at radius 3 is 2.50 bits per heavy atom. The van der Waals surface area contributed by atoms with Crippen LogP contribution < -0.4 is 4.74 Å². The van der Waals surface area contributed by atoms with Gasteiger partial charge in [-0.25, -0.2) is 9.97 Å². The summed E-state index contributed by atoms with van der Waals surface area (Å²) in [6, 6.07) is 6.36. The summed E-state index contributed by atoms with van der Waals surface area (Å²) in [6.45, 7) is 2.25. The molecule has 1 aromatic carbocycles. The number of halogens is 3. The van der Waals surface area contributed by atoms with Crippen LogP contribution in [0.5, 0.6) is 5.75 Å². The fraction of sp³-hybridized carbons (Fsp3) is 0.286. The zero-order chi connectivity index (χ0) is 14.6. The highest BCUT2D eigenvalue weighted by molar-refractivity contribution is 5.62. The second-order valence-corrected chi connectivity index (χ2v) is 4.06. The predicted octanol–water partition coefficient (Wildman–Crippen LogP) is 3.75. The van der Waals surface area contributed by atoms with Gasteiger partial charge >= 0.3 is 6.18 Å². The largest absolute Gasteiger partial charge is 0.494 e. The first-order valence-corrected chi connectivity index (χ1v) is 6.05. The van der Waals surface area contributed by atoms with Gasteiger partial charge < -0.3 is 4.74 Å². The van der Waals surface area contributed by atoms with Crippen molar-refractivity contribution in [1.82, 2.24) is 9.97 Å². The van der Waals surface area contributed by atoms with Crippen LogP contribution >= 0.6 is 0 Å². The molecule has 6 heteroatoms. The molecule has 1 aromatic heterocycles. The van der Waals surface area contributed by atoms with Crippen molar-refractivity contribution in [2.75, 3.05) is 6.61 Å². The van der Waals surface area contributed by atoms with Crippen LogP contribution in [0.4, 0.5) is 13.2 Å². The summed E-state index contributed by atoms with van der Waals surface area (Å²) in [5.41, 5.74) is -0.882. The summed E-state index contributed by atoms with van der Waals surface area (Å²) >= 11 is 0. The maximum absolute atomic E-state index is 13.1. The molecule has 0 N–H and O–H groups in total. The summed E-state index contributed by atoms with van der Waals surface area (Å²) in [7, 11) is 0. The Balaban J connectivity index is 2.47. The monoisotopic (exact) mass is 281 g/mol. The Morgan fingerprint density at radius 2 is 1.90 bits per heavy atom. The number of nitrogens with zero attached hydrogens (tertiary/aromatic N) is 2. The van der Waals surface area contributed by atoms with Crippen LogP contribution in [0.15, 0.2) is 30.6 Å². The van der Waals surface area contributed by atoms with Crippen molar-refractivity contribution in [2.45, 2.75) is 19.5 Å². The minimum atomic E-state index is -4.50. The number of benzene rings is 1. The lowest BCUT2D eigenvalue weighted by Gasteiger charge is -2.14. The predicted molar refractivity (Wildman–Crippen MR) is 67.1 cm³/mol. The lowest BCUT2D eigenvalue weighted by Crippen LogP contribution is -2.09. The lowest BCUT2D eigenvalue weighted by molar-refractivity contribution is -0.137. The molecule has 0 unspecified atom stereocenters. The van der Waals surface area contributed by atoms with Crippen molar-refractivity contribution in [3.8, 4) is 17.1 Å². The number of hydrogen-bond acceptors (Lipinski definition) is 3. The van der Waals surface area contributed by atoms with Crippen LogP contribution in [0, 0.1) is 6.07 Å². The summed E-state index contributed by atoms with van der Waals surface area (Å²) < 4.78 is 44.6. The van der Waals surface area contributed by atoms with Gasteiger partial charge in [0.1, 0.15) is 5.75 Å². The fourth-order valence-electron chi connectivity index (χ4n) is 1.67. The Bertz CT molecular complexity index is 570. The molecule has 0 saturated heterocycles. The van der Waals surface area contributed by atoms with Crippen molar-refractivity contribution in [2.24, 2.45) is 0 Å². The summed E-state index contributed by atoms with van der Waals surface area (Å²) in [6.07, 6.45) is -1.21. The zero-order valence-corrected chi connectivity index (χ0v) is 10.7. The van der Waals surface area contributed by atoms with E-state index < -0.39 is 11.7 Å². The van der Waals surface area contributed by atoms with Crippen LogP contribution in [-0.2, 0) is 6.18 Å². The van der Waals surface area contributed by atoms with Gasteiger partial charge in [0.15, 0.2) is 5.82 Å². The van der Waals surface area contributed by atoms with Gasteiger partial charge in [0.25, 0.3) is 0 Å². The zero-order valence-electron chi connectivity index (χ0n) is 10.7. The Kier molecular flexibility index (Phi) is 4.22. The molecule has 0 aliphatic carbocycles. The summed E-state index contributed by atoms with van der Waals surface area (Å²) in [4.78, 5) is 7.61. The SMILES string of the molecule is CCCOc1ccc(-c2nc[c]cn2)c(C(F)(F)F)c1. The van der Waals surface area contributed by atoms with E-state index in [0.717, 1.165) is 12.5 Å². The Hall–Kier alpha value is -2.11. The fourth-order valence-corrected chi connectivity index (χ4v) is 1.67. The maximum Gasteiger partial charge on any atom is 0.417 e. The third-order valence-electron chi connectivity index (χ3n) is 2.53. The number of aromatic nitrogens is 2. The first-order chi connectivity index (χ1) is 9.52. The van der Waals surface area contributed by atoms with Gasteiger partial charge in [-0.3, -0.25) is 0 Å². The van der Waals surface area contributed by atoms with Crippen molar-refractivity contribution >= 4 is 0 Å². The third-order valence-corrected chi connectivity index (χ3v) is 2.53. The highest BCUT2D eigenvalue weighted by atomic mass is 19.4. The lowest BCUT2D eigenvalue weighted by atomic mass is 10.1. The molecule has 0 aliphatic rings. The minimum Gasteiger partial charge on any atom is -0.494 e. The standard InChI is InChI=1S/C14H12F3N2O/c1-2-8-20-10-4-5-11(12(9-10)14(15,16)17)13-18-6-3-7-19-13/h4-7,9H,2,8H2,1H3. The van der Waals surface area contributed by atoms with Gasteiger partial charge in [-0.05, 0) is 24.6 Å². The van der Waals surface area contributed by atoms with Crippen LogP contribution in [-0.4, -0.2) is 16.6 Å². The molecular formula is C14H12F3N2O. The molecule has 3 nitrogen and oxygen atoms in total. The topological polar surface area (TPSA) is 35.0 Å². The molecule has 0 saturated carbocycles. The van der Waals surface area contributed by atoms with E-state index in [4.69, 9.17) is 4.74 Å². The van der Waals surface area contributed by atoms with Crippen molar-refractivity contribution in [3.63, 3.8) is 0 Å². The molecule has 0 atom stereocenters. The van der Waals surface area contributed by atoms with Gasteiger partial charge in [-0.2, -0.15) is 13.2 Å². The highest BCUT2D eigenvalue weighted by Gasteiger charge is 2.34. The summed E-state index contributed by atoms with van der Waals surface area (Å²) in [5, 5.41) is 0. The molecule has 105 valence electrons. The van der Waals surface area contributed by atoms with E-state index in [0.29, 0.717) is 6.61 Å². The minimum absolute atomic E-state index is 0.0121. The van der Waals surface area contributed by atoms with Gasteiger partial charge in [0, 0.05) is 24.0 Å². The molecule has 0 bridgehead atoms. The first-order valence-electron chi connectivity index (χ1n) is 6.05. The van der Waals surface area contributed by atoms with Gasteiger partial charge in [0.2, 0.25) is 0 Å². The molecular weight excluding hydrogens is 269 g/mol. The molecule has 2 aromatic rings. The molecule has 20 heavy (non-hydrogen) atoms. The smallest absolute Gasteiger partial charge is 0.417 e. The number of hydrogen-bond donors (Lipinski definition) is 0. The van der Waals surface area contributed by atoms with Crippen molar-refractivity contribution in [1.29, 1.82) is 0 Å². The number of alkyl halides is 3. The van der Waals surface area contributed by atoms with Gasteiger partial charge in [0.05, 0.1) is 12.2 Å². The second kappa shape index (κ2) is 5.90. The number of rotatable bonds is 4. The molecule has 0 aliphatic heterocycles. The van der Waals surface area contributed by atoms with Crippen LogP contribution in [0.25, 0.3) is 11.4 Å². The van der Waals surface area contributed by atoms with E-state index >= 15 is 0 Å². The van der Waals surface area contributed by atoms with Gasteiger partial charge in [-0.1, -0.05) is 6.92 Å². The third kappa shape index (κ3) is 3.26. The Labute approximate surface area is 114 Å². The van der Waals surface area contributed by atoms with E-state index in [1.165, 1.54) is 24.5 Å². The molecule has 0 amide bonds. The van der Waals surface area contributed by atoms with Crippen molar-refractivity contribution in [3.05, 3.63) is 42.2 Å². The van der Waals surface area contributed by atoms with Crippen LogP contribution in [0.3, 0.4) is 0 Å².